The number of amides is 1. The van der Waals surface area contributed by atoms with Crippen molar-refractivity contribution in [3.8, 4) is 5.69 Å². The third-order valence-electron chi connectivity index (χ3n) is 4.51. The van der Waals surface area contributed by atoms with Gasteiger partial charge in [0.05, 0.1) is 17.9 Å². The third-order valence-corrected chi connectivity index (χ3v) is 4.51. The Morgan fingerprint density at radius 1 is 1.36 bits per heavy atom. The van der Waals surface area contributed by atoms with Crippen LogP contribution in [-0.4, -0.2) is 46.9 Å². The van der Waals surface area contributed by atoms with Crippen LogP contribution in [0.5, 0.6) is 0 Å². The van der Waals surface area contributed by atoms with Gasteiger partial charge in [-0.3, -0.25) is 4.79 Å². The lowest BCUT2D eigenvalue weighted by Gasteiger charge is -2.29. The number of para-hydroxylation sites is 1. The van der Waals surface area contributed by atoms with Gasteiger partial charge in [-0.15, -0.1) is 12.4 Å². The minimum Gasteiger partial charge on any atom is -0.381 e. The molecule has 0 saturated carbocycles. The highest BCUT2D eigenvalue weighted by atomic mass is 35.5. The Kier molecular flexibility index (Phi) is 6.99. The van der Waals surface area contributed by atoms with Crippen LogP contribution in [0.25, 0.3) is 5.69 Å². The lowest BCUT2D eigenvalue weighted by Crippen LogP contribution is -2.47. The predicted molar refractivity (Wildman–Crippen MR) is 98.8 cm³/mol. The molecule has 136 valence electrons. The maximum Gasteiger partial charge on any atom is 0.239 e. The minimum atomic E-state index is -0.455. The van der Waals surface area contributed by atoms with Gasteiger partial charge in [0, 0.05) is 38.6 Å². The van der Waals surface area contributed by atoms with Crippen molar-refractivity contribution in [2.24, 2.45) is 11.7 Å². The van der Waals surface area contributed by atoms with Crippen LogP contribution in [-0.2, 0) is 16.1 Å². The number of nitrogens with zero attached hydrogens (tertiary/aromatic N) is 3. The molecule has 1 aliphatic heterocycles. The van der Waals surface area contributed by atoms with Gasteiger partial charge in [-0.1, -0.05) is 18.2 Å². The normalized spacial score (nSPS) is 16.1. The van der Waals surface area contributed by atoms with Crippen molar-refractivity contribution in [1.29, 1.82) is 0 Å². The van der Waals surface area contributed by atoms with Crippen LogP contribution >= 0.6 is 12.4 Å². The van der Waals surface area contributed by atoms with Crippen LogP contribution in [0.3, 0.4) is 0 Å². The molecule has 7 heteroatoms. The number of halogens is 1. The maximum absolute atomic E-state index is 12.6. The van der Waals surface area contributed by atoms with E-state index in [0.29, 0.717) is 19.8 Å². The molecule has 0 spiro atoms. The molecule has 0 aliphatic carbocycles. The van der Waals surface area contributed by atoms with E-state index in [4.69, 9.17) is 10.5 Å². The summed E-state index contributed by atoms with van der Waals surface area (Å²) in [4.78, 5) is 14.2. The molecule has 2 aromatic rings. The molecule has 1 saturated heterocycles. The molecule has 3 rings (SSSR count). The van der Waals surface area contributed by atoms with Crippen LogP contribution < -0.4 is 5.73 Å². The molecule has 1 aliphatic rings. The van der Waals surface area contributed by atoms with Crippen molar-refractivity contribution in [3.05, 3.63) is 48.3 Å². The van der Waals surface area contributed by atoms with E-state index in [1.54, 1.807) is 18.1 Å². The fourth-order valence-corrected chi connectivity index (χ4v) is 3.05. The highest BCUT2D eigenvalue weighted by Gasteiger charge is 2.28. The molecule has 2 N–H and O–H groups in total. The molecule has 1 amide bonds. The number of carbonyl (C=O) groups excluding carboxylic acids is 1. The second kappa shape index (κ2) is 8.99. The molecule has 1 aromatic heterocycles. The van der Waals surface area contributed by atoms with Crippen molar-refractivity contribution in [1.82, 2.24) is 14.7 Å². The quantitative estimate of drug-likeness (QED) is 0.880. The summed E-state index contributed by atoms with van der Waals surface area (Å²) in [6.07, 6.45) is 5.44. The number of benzene rings is 1. The number of rotatable bonds is 5. The van der Waals surface area contributed by atoms with Gasteiger partial charge in [-0.05, 0) is 30.9 Å². The van der Waals surface area contributed by atoms with Gasteiger partial charge in [0.2, 0.25) is 5.91 Å². The Balaban J connectivity index is 0.00000225. The number of hydrogen-bond acceptors (Lipinski definition) is 4. The summed E-state index contributed by atoms with van der Waals surface area (Å²) in [6, 6.07) is 9.44. The van der Waals surface area contributed by atoms with Gasteiger partial charge in [-0.2, -0.15) is 5.10 Å². The van der Waals surface area contributed by atoms with Crippen molar-refractivity contribution in [2.75, 3.05) is 20.3 Å². The lowest BCUT2D eigenvalue weighted by atomic mass is 9.91. The maximum atomic E-state index is 12.6. The van der Waals surface area contributed by atoms with Crippen molar-refractivity contribution < 1.29 is 9.53 Å². The Morgan fingerprint density at radius 2 is 2.04 bits per heavy atom. The topological polar surface area (TPSA) is 73.4 Å². The average molecular weight is 365 g/mol. The van der Waals surface area contributed by atoms with Crippen LogP contribution in [0, 0.1) is 5.92 Å². The molecule has 1 fully saturated rings. The zero-order valence-electron chi connectivity index (χ0n) is 14.4. The zero-order chi connectivity index (χ0) is 16.9. The van der Waals surface area contributed by atoms with Crippen LogP contribution in [0.15, 0.2) is 42.7 Å². The van der Waals surface area contributed by atoms with Crippen molar-refractivity contribution in [3.63, 3.8) is 0 Å². The van der Waals surface area contributed by atoms with Crippen molar-refractivity contribution in [2.45, 2.75) is 25.4 Å². The van der Waals surface area contributed by atoms with E-state index in [1.165, 1.54) is 0 Å². The molecule has 25 heavy (non-hydrogen) atoms. The van der Waals surface area contributed by atoms with E-state index >= 15 is 0 Å². The van der Waals surface area contributed by atoms with E-state index < -0.39 is 6.04 Å². The summed E-state index contributed by atoms with van der Waals surface area (Å²) < 4.78 is 7.15. The number of ether oxygens (including phenoxy) is 1. The molecule has 1 aromatic carbocycles. The van der Waals surface area contributed by atoms with E-state index in [2.05, 4.69) is 5.10 Å². The molecule has 0 bridgehead atoms. The summed E-state index contributed by atoms with van der Waals surface area (Å²) in [6.45, 7) is 1.89. The molecular weight excluding hydrogens is 340 g/mol. The number of carbonyl (C=O) groups is 1. The highest BCUT2D eigenvalue weighted by Crippen LogP contribution is 2.19. The third kappa shape index (κ3) is 4.81. The minimum absolute atomic E-state index is 0. The van der Waals surface area contributed by atoms with E-state index in [9.17, 15) is 4.79 Å². The average Bonchev–Trinajstić information content (AvgIpc) is 3.10. The molecule has 1 unspecified atom stereocenters. The summed E-state index contributed by atoms with van der Waals surface area (Å²) in [5.41, 5.74) is 8.15. The number of likely N-dealkylation sites (N-methyl/N-ethyl adjacent to an activating group) is 1. The fourth-order valence-electron chi connectivity index (χ4n) is 3.05. The second-order valence-electron chi connectivity index (χ2n) is 6.30. The van der Waals surface area contributed by atoms with E-state index in [-0.39, 0.29) is 24.2 Å². The fraction of sp³-hybridized carbons (Fsp3) is 0.444. The Morgan fingerprint density at radius 3 is 2.72 bits per heavy atom. The second-order valence-corrected chi connectivity index (χ2v) is 6.30. The molecule has 2 heterocycles. The van der Waals surface area contributed by atoms with Gasteiger partial charge >= 0.3 is 0 Å². The monoisotopic (exact) mass is 364 g/mol. The predicted octanol–water partition coefficient (Wildman–Crippen LogP) is 2.01. The van der Waals surface area contributed by atoms with E-state index in [1.807, 2.05) is 41.2 Å². The highest BCUT2D eigenvalue weighted by molar-refractivity contribution is 5.85. The van der Waals surface area contributed by atoms with Gasteiger partial charge < -0.3 is 15.4 Å². The number of nitrogens with two attached hydrogens (primary N) is 1. The first kappa shape index (κ1) is 19.4. The van der Waals surface area contributed by atoms with Gasteiger partial charge in [0.15, 0.2) is 0 Å². The Labute approximate surface area is 154 Å². The van der Waals surface area contributed by atoms with Crippen LogP contribution in [0.4, 0.5) is 0 Å². The molecule has 1 atom stereocenters. The summed E-state index contributed by atoms with van der Waals surface area (Å²) in [7, 11) is 1.79. The van der Waals surface area contributed by atoms with Gasteiger partial charge in [0.1, 0.15) is 0 Å². The number of aromatic nitrogens is 2. The largest absolute Gasteiger partial charge is 0.381 e. The molecular formula is C18H25ClN4O2. The Hall–Kier alpha value is -1.89. The standard InChI is InChI=1S/C18H24N4O2.ClH/c1-21(18(23)17(19)15-7-9-24-10-8-15)12-14-11-20-22(13-14)16-5-3-2-4-6-16;/h2-6,11,13,15,17H,7-10,12,19H2,1H3;1H. The van der Waals surface area contributed by atoms with Gasteiger partial charge in [-0.25, -0.2) is 4.68 Å². The summed E-state index contributed by atoms with van der Waals surface area (Å²) in [5, 5.41) is 4.36. The summed E-state index contributed by atoms with van der Waals surface area (Å²) >= 11 is 0. The lowest BCUT2D eigenvalue weighted by molar-refractivity contribution is -0.133. The first-order valence-corrected chi connectivity index (χ1v) is 8.32. The van der Waals surface area contributed by atoms with Crippen LogP contribution in [0.2, 0.25) is 0 Å². The van der Waals surface area contributed by atoms with Gasteiger partial charge in [0.25, 0.3) is 0 Å². The Bertz CT molecular complexity index is 671. The first-order chi connectivity index (χ1) is 11.6. The smallest absolute Gasteiger partial charge is 0.239 e. The molecule has 0 radical (unpaired) electrons. The van der Waals surface area contributed by atoms with Crippen molar-refractivity contribution >= 4 is 18.3 Å². The van der Waals surface area contributed by atoms with E-state index in [0.717, 1.165) is 24.1 Å². The summed E-state index contributed by atoms with van der Waals surface area (Å²) in [5.74, 6) is 0.190. The SMILES string of the molecule is CN(Cc1cnn(-c2ccccc2)c1)C(=O)C(N)C1CCOCC1.Cl. The number of hydrogen-bond donors (Lipinski definition) is 1. The molecule has 6 nitrogen and oxygen atoms in total. The van der Waals surface area contributed by atoms with Crippen LogP contribution in [0.1, 0.15) is 18.4 Å². The zero-order valence-corrected chi connectivity index (χ0v) is 15.2. The first-order valence-electron chi connectivity index (χ1n) is 8.32.